The predicted molar refractivity (Wildman–Crippen MR) is 157 cm³/mol. The van der Waals surface area contributed by atoms with E-state index in [-0.39, 0.29) is 35.6 Å². The molecule has 13 heteroatoms. The molecule has 0 radical (unpaired) electrons. The van der Waals surface area contributed by atoms with E-state index in [0.717, 1.165) is 0 Å². The summed E-state index contributed by atoms with van der Waals surface area (Å²) in [7, 11) is -4.24. The van der Waals surface area contributed by atoms with Crippen LogP contribution in [0.2, 0.25) is 0 Å². The Hall–Kier alpha value is -3.52. The van der Waals surface area contributed by atoms with Gasteiger partial charge in [0.25, 0.3) is 0 Å². The Kier molecular flexibility index (Phi) is 9.07. The zero-order chi connectivity index (χ0) is 30.9. The molecule has 43 heavy (non-hydrogen) atoms. The third-order valence-electron chi connectivity index (χ3n) is 7.86. The number of hydrogen-bond donors (Lipinski definition) is 4. The average molecular weight is 620 g/mol. The number of hydrogen-bond acceptors (Lipinski definition) is 10. The van der Waals surface area contributed by atoms with Crippen LogP contribution in [0, 0.1) is 5.82 Å². The maximum atomic E-state index is 15.2. The smallest absolute Gasteiger partial charge is 0.339 e. The van der Waals surface area contributed by atoms with E-state index in [1.807, 2.05) is 18.7 Å². The van der Waals surface area contributed by atoms with E-state index in [4.69, 9.17) is 8.92 Å². The van der Waals surface area contributed by atoms with Crippen LogP contribution < -0.4 is 13.8 Å². The Morgan fingerprint density at radius 2 is 1.51 bits per heavy atom. The summed E-state index contributed by atoms with van der Waals surface area (Å²) in [5.74, 6) is -1.09. The highest BCUT2D eigenvalue weighted by molar-refractivity contribution is 7.87. The standard InChI is InChI=1S/C30H38FN3O8S/c1-19(2)41-28-18-27(42-43(39,40)20-7-4-3-5-8-20)23(31)17-24(28)33-13-11-32(12-14-33)9-6-10-34-29(37)21-15-25(35)26(36)16-22(21)30(34)38/h3-5,7-8,17-19,25-26,35-38H,6,9-16H2,1-2H3. The van der Waals surface area contributed by atoms with E-state index < -0.39 is 33.9 Å². The minimum Gasteiger partial charge on any atom is -0.494 e. The number of benzene rings is 2. The Balaban J connectivity index is 1.22. The molecule has 0 amide bonds. The van der Waals surface area contributed by atoms with Gasteiger partial charge in [-0.05, 0) is 38.9 Å². The summed E-state index contributed by atoms with van der Waals surface area (Å²) in [6.45, 7) is 7.18. The Labute approximate surface area is 250 Å². The molecule has 1 fully saturated rings. The van der Waals surface area contributed by atoms with Gasteiger partial charge in [-0.25, -0.2) is 4.39 Å². The molecule has 5 rings (SSSR count). The fourth-order valence-corrected chi connectivity index (χ4v) is 6.58. The molecule has 1 aliphatic carbocycles. The lowest BCUT2D eigenvalue weighted by Gasteiger charge is -2.37. The van der Waals surface area contributed by atoms with Crippen molar-refractivity contribution in [2.24, 2.45) is 0 Å². The zero-order valence-corrected chi connectivity index (χ0v) is 25.0. The molecule has 0 saturated carbocycles. The van der Waals surface area contributed by atoms with Crippen LogP contribution in [0.4, 0.5) is 10.1 Å². The lowest BCUT2D eigenvalue weighted by molar-refractivity contribution is 0.0136. The highest BCUT2D eigenvalue weighted by Gasteiger charge is 2.33. The lowest BCUT2D eigenvalue weighted by atomic mass is 9.90. The van der Waals surface area contributed by atoms with Gasteiger partial charge in [0.2, 0.25) is 0 Å². The van der Waals surface area contributed by atoms with Crippen LogP contribution in [0.25, 0.3) is 0 Å². The average Bonchev–Trinajstić information content (AvgIpc) is 3.19. The quantitative estimate of drug-likeness (QED) is 0.250. The number of ether oxygens (including phenoxy) is 1. The van der Waals surface area contributed by atoms with Crippen molar-refractivity contribution in [3.63, 3.8) is 0 Å². The van der Waals surface area contributed by atoms with Crippen molar-refractivity contribution in [1.82, 2.24) is 9.47 Å². The molecule has 0 bridgehead atoms. The number of rotatable bonds is 10. The number of aromatic hydroxyl groups is 2. The molecule has 2 aromatic carbocycles. The van der Waals surface area contributed by atoms with Crippen LogP contribution in [0.1, 0.15) is 31.4 Å². The Morgan fingerprint density at radius 3 is 2.09 bits per heavy atom. The molecule has 2 aliphatic rings. The van der Waals surface area contributed by atoms with Gasteiger partial charge in [-0.2, -0.15) is 8.42 Å². The van der Waals surface area contributed by atoms with Gasteiger partial charge in [-0.15, -0.1) is 0 Å². The molecular formula is C30H38FN3O8S. The first-order valence-electron chi connectivity index (χ1n) is 14.4. The third-order valence-corrected chi connectivity index (χ3v) is 9.11. The molecule has 234 valence electrons. The van der Waals surface area contributed by atoms with E-state index in [1.165, 1.54) is 28.8 Å². The van der Waals surface area contributed by atoms with Gasteiger partial charge in [0.1, 0.15) is 10.6 Å². The van der Waals surface area contributed by atoms with E-state index in [2.05, 4.69) is 4.90 Å². The van der Waals surface area contributed by atoms with Gasteiger partial charge in [0.05, 0.1) is 24.0 Å². The van der Waals surface area contributed by atoms with Gasteiger partial charge < -0.3 is 34.2 Å². The summed E-state index contributed by atoms with van der Waals surface area (Å²) < 4.78 is 53.2. The number of nitrogens with zero attached hydrogens (tertiary/aromatic N) is 3. The summed E-state index contributed by atoms with van der Waals surface area (Å²) >= 11 is 0. The molecule has 2 atom stereocenters. The maximum Gasteiger partial charge on any atom is 0.339 e. The third kappa shape index (κ3) is 6.69. The molecule has 1 aromatic heterocycles. The second-order valence-electron chi connectivity index (χ2n) is 11.2. The van der Waals surface area contributed by atoms with Gasteiger partial charge in [0.15, 0.2) is 23.3 Å². The summed E-state index contributed by atoms with van der Waals surface area (Å²) in [5, 5.41) is 41.1. The number of aliphatic hydroxyl groups is 2. The van der Waals surface area contributed by atoms with Crippen molar-refractivity contribution in [1.29, 1.82) is 0 Å². The highest BCUT2D eigenvalue weighted by Crippen LogP contribution is 2.39. The van der Waals surface area contributed by atoms with E-state index >= 15 is 4.39 Å². The molecule has 3 aromatic rings. The van der Waals surface area contributed by atoms with Crippen LogP contribution >= 0.6 is 0 Å². The molecule has 2 heterocycles. The first-order valence-corrected chi connectivity index (χ1v) is 15.8. The van der Waals surface area contributed by atoms with Crippen molar-refractivity contribution in [2.45, 2.75) is 62.9 Å². The number of aromatic nitrogens is 1. The topological polar surface area (TPSA) is 145 Å². The van der Waals surface area contributed by atoms with Crippen LogP contribution in [-0.4, -0.2) is 89.3 Å². The molecule has 2 unspecified atom stereocenters. The Morgan fingerprint density at radius 1 is 0.907 bits per heavy atom. The lowest BCUT2D eigenvalue weighted by Crippen LogP contribution is -2.47. The molecule has 1 saturated heterocycles. The van der Waals surface area contributed by atoms with Crippen LogP contribution in [0.3, 0.4) is 0 Å². The van der Waals surface area contributed by atoms with Crippen molar-refractivity contribution in [3.05, 3.63) is 59.4 Å². The highest BCUT2D eigenvalue weighted by atomic mass is 32.2. The second-order valence-corrected chi connectivity index (χ2v) is 12.8. The van der Waals surface area contributed by atoms with Gasteiger partial charge in [-0.1, -0.05) is 18.2 Å². The summed E-state index contributed by atoms with van der Waals surface area (Å²) in [6.07, 6.45) is -1.39. The maximum absolute atomic E-state index is 15.2. The summed E-state index contributed by atoms with van der Waals surface area (Å²) in [4.78, 5) is 4.13. The molecule has 1 aliphatic heterocycles. The molecule has 0 spiro atoms. The van der Waals surface area contributed by atoms with Crippen molar-refractivity contribution < 1.29 is 42.2 Å². The number of halogens is 1. The predicted octanol–water partition coefficient (Wildman–Crippen LogP) is 2.63. The zero-order valence-electron chi connectivity index (χ0n) is 24.2. The SMILES string of the molecule is CC(C)Oc1cc(OS(=O)(=O)c2ccccc2)c(F)cc1N1CCN(CCCn2c(O)c3c(c2O)CC(O)C(O)C3)CC1. The minimum atomic E-state index is -4.24. The Bertz CT molecular complexity index is 1510. The number of aliphatic hydroxyl groups excluding tert-OH is 2. The first-order chi connectivity index (χ1) is 20.4. The monoisotopic (exact) mass is 619 g/mol. The normalized spacial score (nSPS) is 19.4. The number of fused-ring (bicyclic) bond motifs is 1. The van der Waals surface area contributed by atoms with Crippen LogP contribution in [-0.2, 0) is 29.5 Å². The second kappa shape index (κ2) is 12.6. The van der Waals surface area contributed by atoms with Crippen molar-refractivity contribution >= 4 is 15.8 Å². The largest absolute Gasteiger partial charge is 0.494 e. The molecule has 4 N–H and O–H groups in total. The van der Waals surface area contributed by atoms with Crippen molar-refractivity contribution in [3.8, 4) is 23.3 Å². The van der Waals surface area contributed by atoms with Crippen LogP contribution in [0.5, 0.6) is 23.3 Å². The minimum absolute atomic E-state index is 0.0769. The fourth-order valence-electron chi connectivity index (χ4n) is 5.63. The molecule has 11 nitrogen and oxygen atoms in total. The van der Waals surface area contributed by atoms with E-state index in [1.54, 1.807) is 18.2 Å². The van der Waals surface area contributed by atoms with Crippen molar-refractivity contribution in [2.75, 3.05) is 37.6 Å². The van der Waals surface area contributed by atoms with Gasteiger partial charge in [-0.3, -0.25) is 9.47 Å². The number of piperazine rings is 1. The summed E-state index contributed by atoms with van der Waals surface area (Å²) in [6, 6.07) is 10.1. The van der Waals surface area contributed by atoms with E-state index in [9.17, 15) is 28.8 Å². The van der Waals surface area contributed by atoms with E-state index in [0.29, 0.717) is 68.3 Å². The first kappa shape index (κ1) is 30.9. The number of anilines is 1. The fraction of sp³-hybridized carbons (Fsp3) is 0.467. The molecular weight excluding hydrogens is 581 g/mol. The van der Waals surface area contributed by atoms with Gasteiger partial charge >= 0.3 is 10.1 Å². The summed E-state index contributed by atoms with van der Waals surface area (Å²) in [5.41, 5.74) is 1.46. The van der Waals surface area contributed by atoms with Crippen LogP contribution in [0.15, 0.2) is 47.4 Å². The van der Waals surface area contributed by atoms with Gasteiger partial charge in [0, 0.05) is 68.8 Å².